The summed E-state index contributed by atoms with van der Waals surface area (Å²) in [5.74, 6) is -0.180. The van der Waals surface area contributed by atoms with Gasteiger partial charge in [0.2, 0.25) is 15.9 Å². The van der Waals surface area contributed by atoms with Crippen LogP contribution in [0.15, 0.2) is 30.3 Å². The van der Waals surface area contributed by atoms with Gasteiger partial charge in [-0.05, 0) is 26.6 Å². The SMILES string of the molecule is CCN(Cc1ccccc1)C(=O)CN(CCN(C)C)S(C)(=O)=O. The highest BCUT2D eigenvalue weighted by molar-refractivity contribution is 7.88. The summed E-state index contributed by atoms with van der Waals surface area (Å²) in [6, 6.07) is 9.68. The smallest absolute Gasteiger partial charge is 0.238 e. The maximum absolute atomic E-state index is 12.5. The molecule has 0 fully saturated rings. The molecule has 1 amide bonds. The predicted molar refractivity (Wildman–Crippen MR) is 92.5 cm³/mol. The van der Waals surface area contributed by atoms with Gasteiger partial charge in [-0.1, -0.05) is 30.3 Å². The highest BCUT2D eigenvalue weighted by Gasteiger charge is 2.23. The molecule has 23 heavy (non-hydrogen) atoms. The predicted octanol–water partition coefficient (Wildman–Crippen LogP) is 0.858. The summed E-state index contributed by atoms with van der Waals surface area (Å²) in [4.78, 5) is 16.0. The van der Waals surface area contributed by atoms with Crippen molar-refractivity contribution < 1.29 is 13.2 Å². The lowest BCUT2D eigenvalue weighted by atomic mass is 10.2. The van der Waals surface area contributed by atoms with Gasteiger partial charge < -0.3 is 9.80 Å². The van der Waals surface area contributed by atoms with Crippen molar-refractivity contribution in [3.8, 4) is 0 Å². The zero-order chi connectivity index (χ0) is 17.5. The van der Waals surface area contributed by atoms with Crippen molar-refractivity contribution in [2.75, 3.05) is 46.5 Å². The van der Waals surface area contributed by atoms with Crippen LogP contribution in [0, 0.1) is 0 Å². The molecule has 0 aliphatic heterocycles. The number of sulfonamides is 1. The van der Waals surface area contributed by atoms with Crippen LogP contribution in [-0.2, 0) is 21.4 Å². The lowest BCUT2D eigenvalue weighted by molar-refractivity contribution is -0.131. The van der Waals surface area contributed by atoms with E-state index in [1.807, 2.05) is 56.3 Å². The van der Waals surface area contributed by atoms with Crippen LogP contribution in [-0.4, -0.2) is 75.0 Å². The van der Waals surface area contributed by atoms with Crippen molar-refractivity contribution in [1.82, 2.24) is 14.1 Å². The van der Waals surface area contributed by atoms with E-state index >= 15 is 0 Å². The summed E-state index contributed by atoms with van der Waals surface area (Å²) in [5.41, 5.74) is 1.03. The van der Waals surface area contributed by atoms with E-state index in [0.29, 0.717) is 26.2 Å². The molecule has 1 rings (SSSR count). The number of hydrogen-bond donors (Lipinski definition) is 0. The van der Waals surface area contributed by atoms with Crippen molar-refractivity contribution in [3.63, 3.8) is 0 Å². The van der Waals surface area contributed by atoms with Crippen LogP contribution in [0.1, 0.15) is 12.5 Å². The molecular formula is C16H27N3O3S. The fraction of sp³-hybridized carbons (Fsp3) is 0.562. The van der Waals surface area contributed by atoms with Crippen LogP contribution in [0.2, 0.25) is 0 Å². The molecule has 0 N–H and O–H groups in total. The third-order valence-corrected chi connectivity index (χ3v) is 4.78. The van der Waals surface area contributed by atoms with Crippen LogP contribution in [0.5, 0.6) is 0 Å². The van der Waals surface area contributed by atoms with Gasteiger partial charge in [0.1, 0.15) is 0 Å². The van der Waals surface area contributed by atoms with Crippen molar-refractivity contribution in [1.29, 1.82) is 0 Å². The molecule has 1 aromatic carbocycles. The Balaban J connectivity index is 2.74. The number of benzene rings is 1. The molecule has 0 aliphatic carbocycles. The second-order valence-electron chi connectivity index (χ2n) is 5.79. The Morgan fingerprint density at radius 1 is 1.09 bits per heavy atom. The van der Waals surface area contributed by atoms with Crippen LogP contribution < -0.4 is 0 Å². The maximum Gasteiger partial charge on any atom is 0.238 e. The largest absolute Gasteiger partial charge is 0.338 e. The number of amides is 1. The molecular weight excluding hydrogens is 314 g/mol. The van der Waals surface area contributed by atoms with Gasteiger partial charge >= 0.3 is 0 Å². The highest BCUT2D eigenvalue weighted by atomic mass is 32.2. The minimum Gasteiger partial charge on any atom is -0.338 e. The van der Waals surface area contributed by atoms with Crippen LogP contribution in [0.3, 0.4) is 0 Å². The Bertz CT molecular complexity index is 588. The third-order valence-electron chi connectivity index (χ3n) is 3.53. The number of likely N-dealkylation sites (N-methyl/N-ethyl adjacent to an activating group) is 2. The van der Waals surface area contributed by atoms with Gasteiger partial charge in [-0.3, -0.25) is 4.79 Å². The van der Waals surface area contributed by atoms with Gasteiger partial charge in [-0.15, -0.1) is 0 Å². The normalized spacial score (nSPS) is 11.9. The van der Waals surface area contributed by atoms with E-state index < -0.39 is 10.0 Å². The summed E-state index contributed by atoms with van der Waals surface area (Å²) in [5, 5.41) is 0. The molecule has 0 spiro atoms. The van der Waals surface area contributed by atoms with Crippen molar-refractivity contribution >= 4 is 15.9 Å². The summed E-state index contributed by atoms with van der Waals surface area (Å²) in [6.07, 6.45) is 1.14. The molecule has 7 heteroatoms. The Labute approximate surface area is 139 Å². The Morgan fingerprint density at radius 3 is 2.17 bits per heavy atom. The number of carbonyl (C=O) groups excluding carboxylic acids is 1. The molecule has 0 heterocycles. The number of hydrogen-bond acceptors (Lipinski definition) is 4. The van der Waals surface area contributed by atoms with Gasteiger partial charge in [0.25, 0.3) is 0 Å². The monoisotopic (exact) mass is 341 g/mol. The molecule has 1 aromatic rings. The average Bonchev–Trinajstić information content (AvgIpc) is 2.48. The van der Waals surface area contributed by atoms with Crippen LogP contribution in [0.4, 0.5) is 0 Å². The minimum atomic E-state index is -3.41. The standard InChI is InChI=1S/C16H27N3O3S/c1-5-18(13-15-9-7-6-8-10-15)16(20)14-19(23(4,21)22)12-11-17(2)3/h6-10H,5,11-14H2,1-4H3. The summed E-state index contributed by atoms with van der Waals surface area (Å²) < 4.78 is 25.0. The van der Waals surface area contributed by atoms with Gasteiger partial charge in [0, 0.05) is 26.2 Å². The molecule has 0 atom stereocenters. The number of rotatable bonds is 9. The van der Waals surface area contributed by atoms with Gasteiger partial charge in [-0.25, -0.2) is 8.42 Å². The van der Waals surface area contributed by atoms with E-state index in [-0.39, 0.29) is 12.5 Å². The first kappa shape index (κ1) is 19.6. The zero-order valence-electron chi connectivity index (χ0n) is 14.4. The zero-order valence-corrected chi connectivity index (χ0v) is 15.2. The third kappa shape index (κ3) is 7.11. The Hall–Kier alpha value is -1.44. The molecule has 6 nitrogen and oxygen atoms in total. The van der Waals surface area contributed by atoms with Gasteiger partial charge in [-0.2, -0.15) is 4.31 Å². The first-order chi connectivity index (χ1) is 10.7. The lowest BCUT2D eigenvalue weighted by Crippen LogP contribution is -2.44. The molecule has 0 radical (unpaired) electrons. The first-order valence-electron chi connectivity index (χ1n) is 7.65. The Kier molecular flexibility index (Phi) is 7.67. The minimum absolute atomic E-state index is 0.118. The quantitative estimate of drug-likeness (QED) is 0.668. The molecule has 0 unspecified atom stereocenters. The van der Waals surface area contributed by atoms with E-state index in [1.165, 1.54) is 4.31 Å². The van der Waals surface area contributed by atoms with E-state index in [0.717, 1.165) is 11.8 Å². The summed E-state index contributed by atoms with van der Waals surface area (Å²) >= 11 is 0. The van der Waals surface area contributed by atoms with Crippen molar-refractivity contribution in [2.45, 2.75) is 13.5 Å². The fourth-order valence-electron chi connectivity index (χ4n) is 2.10. The van der Waals surface area contributed by atoms with E-state index in [1.54, 1.807) is 4.90 Å². The highest BCUT2D eigenvalue weighted by Crippen LogP contribution is 2.07. The maximum atomic E-state index is 12.5. The molecule has 130 valence electrons. The van der Waals surface area contributed by atoms with Crippen molar-refractivity contribution in [2.24, 2.45) is 0 Å². The molecule has 0 bridgehead atoms. The number of nitrogens with zero attached hydrogens (tertiary/aromatic N) is 3. The molecule has 0 saturated carbocycles. The summed E-state index contributed by atoms with van der Waals surface area (Å²) in [7, 11) is 0.331. The van der Waals surface area contributed by atoms with Crippen LogP contribution in [0.25, 0.3) is 0 Å². The second-order valence-corrected chi connectivity index (χ2v) is 7.78. The molecule has 0 aliphatic rings. The first-order valence-corrected chi connectivity index (χ1v) is 9.50. The summed E-state index contributed by atoms with van der Waals surface area (Å²) in [6.45, 7) is 3.69. The number of carbonyl (C=O) groups is 1. The second kappa shape index (κ2) is 9.00. The van der Waals surface area contributed by atoms with Gasteiger partial charge in [0.15, 0.2) is 0 Å². The fourth-order valence-corrected chi connectivity index (χ4v) is 2.86. The van der Waals surface area contributed by atoms with Crippen LogP contribution >= 0.6 is 0 Å². The average molecular weight is 341 g/mol. The topological polar surface area (TPSA) is 60.9 Å². The lowest BCUT2D eigenvalue weighted by Gasteiger charge is -2.26. The van der Waals surface area contributed by atoms with E-state index in [9.17, 15) is 13.2 Å². The van der Waals surface area contributed by atoms with E-state index in [4.69, 9.17) is 0 Å². The molecule has 0 saturated heterocycles. The van der Waals surface area contributed by atoms with Gasteiger partial charge in [0.05, 0.1) is 12.8 Å². The molecule has 0 aromatic heterocycles. The van der Waals surface area contributed by atoms with E-state index in [2.05, 4.69) is 0 Å². The van der Waals surface area contributed by atoms with Crippen molar-refractivity contribution in [3.05, 3.63) is 35.9 Å². The Morgan fingerprint density at radius 2 is 1.70 bits per heavy atom.